The minimum atomic E-state index is -5.08. The molecule has 2 aromatic rings. The number of carboxylic acid groups (broad SMARTS) is 1. The van der Waals surface area contributed by atoms with Crippen molar-refractivity contribution < 1.29 is 47.3 Å². The van der Waals surface area contributed by atoms with Gasteiger partial charge in [-0.25, -0.2) is 9.18 Å². The van der Waals surface area contributed by atoms with Crippen molar-refractivity contribution in [3.05, 3.63) is 63.4 Å². The lowest BCUT2D eigenvalue weighted by Crippen LogP contribution is -2.49. The van der Waals surface area contributed by atoms with Crippen molar-refractivity contribution in [2.75, 3.05) is 18.5 Å². The molecule has 44 heavy (non-hydrogen) atoms. The lowest BCUT2D eigenvalue weighted by molar-refractivity contribution is -0.192. The van der Waals surface area contributed by atoms with Gasteiger partial charge in [0, 0.05) is 29.2 Å². The monoisotopic (exact) mass is 665 g/mol. The lowest BCUT2D eigenvalue weighted by Gasteiger charge is -2.37. The fourth-order valence-corrected chi connectivity index (χ4v) is 6.07. The van der Waals surface area contributed by atoms with Gasteiger partial charge in [-0.15, -0.1) is 0 Å². The van der Waals surface area contributed by atoms with E-state index in [1.165, 1.54) is 6.07 Å². The van der Waals surface area contributed by atoms with E-state index in [-0.39, 0.29) is 34.9 Å². The number of rotatable bonds is 7. The Morgan fingerprint density at radius 3 is 2.34 bits per heavy atom. The van der Waals surface area contributed by atoms with Crippen molar-refractivity contribution in [3.63, 3.8) is 0 Å². The molecule has 2 amide bonds. The van der Waals surface area contributed by atoms with E-state index in [9.17, 15) is 27.9 Å². The molecule has 2 aliphatic heterocycles. The molecule has 9 nitrogen and oxygen atoms in total. The Morgan fingerprint density at radius 1 is 1.14 bits per heavy atom. The number of aliphatic hydroxyl groups is 2. The van der Waals surface area contributed by atoms with Crippen LogP contribution in [0.3, 0.4) is 0 Å². The molecular weight excluding hydrogens is 633 g/mol. The number of carboxylic acids is 1. The van der Waals surface area contributed by atoms with Crippen molar-refractivity contribution in [2.45, 2.75) is 69.3 Å². The summed E-state index contributed by atoms with van der Waals surface area (Å²) in [6.45, 7) is 5.78. The second kappa shape index (κ2) is 13.6. The summed E-state index contributed by atoms with van der Waals surface area (Å²) in [4.78, 5) is 36.5. The third kappa shape index (κ3) is 7.45. The van der Waals surface area contributed by atoms with E-state index in [0.717, 1.165) is 0 Å². The van der Waals surface area contributed by atoms with Gasteiger partial charge in [0.25, 0.3) is 0 Å². The average Bonchev–Trinajstić information content (AvgIpc) is 3.38. The quantitative estimate of drug-likeness (QED) is 0.241. The molecule has 2 aromatic carbocycles. The number of benzene rings is 2. The molecule has 0 aromatic heterocycles. The highest BCUT2D eigenvalue weighted by atomic mass is 35.5. The zero-order chi connectivity index (χ0) is 33.2. The van der Waals surface area contributed by atoms with Crippen molar-refractivity contribution in [3.8, 4) is 0 Å². The van der Waals surface area contributed by atoms with Crippen LogP contribution >= 0.6 is 23.2 Å². The van der Waals surface area contributed by atoms with Crippen LogP contribution in [0.2, 0.25) is 10.0 Å². The summed E-state index contributed by atoms with van der Waals surface area (Å²) in [5.74, 6) is -5.17. The number of aliphatic hydroxyl groups excluding tert-OH is 2. The van der Waals surface area contributed by atoms with Gasteiger partial charge < -0.3 is 31.3 Å². The molecule has 0 saturated carbocycles. The van der Waals surface area contributed by atoms with Crippen LogP contribution in [0.25, 0.3) is 0 Å². The topological polar surface area (TPSA) is 148 Å². The first-order valence-electron chi connectivity index (χ1n) is 13.5. The van der Waals surface area contributed by atoms with E-state index in [1.54, 1.807) is 30.3 Å². The first kappa shape index (κ1) is 35.5. The third-order valence-electron chi connectivity index (χ3n) is 7.45. The fourth-order valence-electron chi connectivity index (χ4n) is 5.72. The SMILES string of the molecule is CC(C)(C)C[C@@H]1N[C@@H](C(=O)NCC[C@H](O)CO)[C@H](c2cccc(Cl)c2F)[C@@]12C(=O)Nc1cc(Cl)ccc12.O=C(O)C(F)(F)F. The molecule has 0 bridgehead atoms. The molecule has 1 spiro atoms. The summed E-state index contributed by atoms with van der Waals surface area (Å²) in [6.07, 6.45) is -5.41. The molecular formula is C29H33Cl2F4N3O6. The number of hydrogen-bond donors (Lipinski definition) is 6. The maximum Gasteiger partial charge on any atom is 0.490 e. The number of amides is 2. The van der Waals surface area contributed by atoms with Crippen molar-refractivity contribution in [1.29, 1.82) is 0 Å². The van der Waals surface area contributed by atoms with E-state index >= 15 is 4.39 Å². The zero-order valence-electron chi connectivity index (χ0n) is 23.9. The Bertz CT molecular complexity index is 1400. The van der Waals surface area contributed by atoms with Gasteiger partial charge in [-0.1, -0.05) is 62.2 Å². The molecule has 15 heteroatoms. The van der Waals surface area contributed by atoms with Gasteiger partial charge in [-0.2, -0.15) is 13.2 Å². The number of nitrogens with one attached hydrogen (secondary N) is 3. The average molecular weight is 666 g/mol. The Kier molecular flexibility index (Phi) is 11.0. The standard InChI is InChI=1S/C27H32Cl2FN3O4.C2HF3O2/c1-26(2,3)12-20-27(17-8-7-14(28)11-19(17)32-25(27)37)21(16-5-4-6-18(29)22(16)30)23(33-20)24(36)31-10-9-15(35)13-34;3-2(4,5)1(6)7/h4-8,11,15,20-21,23,33-35H,9-10,12-13H2,1-3H3,(H,31,36)(H,32,37);(H,6,7)/t15-,20-,21-,23+,27-;/m0./s1. The van der Waals surface area contributed by atoms with E-state index < -0.39 is 60.0 Å². The van der Waals surface area contributed by atoms with Crippen molar-refractivity contribution in [2.24, 2.45) is 5.41 Å². The van der Waals surface area contributed by atoms with Gasteiger partial charge in [0.2, 0.25) is 11.8 Å². The highest BCUT2D eigenvalue weighted by Gasteiger charge is 2.66. The first-order chi connectivity index (χ1) is 20.3. The number of carbonyl (C=O) groups is 3. The van der Waals surface area contributed by atoms with Gasteiger partial charge in [0.15, 0.2) is 0 Å². The van der Waals surface area contributed by atoms with Crippen LogP contribution in [-0.4, -0.2) is 70.6 Å². The van der Waals surface area contributed by atoms with Crippen LogP contribution < -0.4 is 16.0 Å². The largest absolute Gasteiger partial charge is 0.490 e. The normalized spacial score (nSPS) is 23.4. The number of hydrogen-bond acceptors (Lipinski definition) is 6. The van der Waals surface area contributed by atoms with Gasteiger partial charge in [-0.05, 0) is 47.6 Å². The fraction of sp³-hybridized carbons (Fsp3) is 0.483. The van der Waals surface area contributed by atoms with Crippen molar-refractivity contribution >= 4 is 46.7 Å². The smallest absolute Gasteiger partial charge is 0.475 e. The molecule has 2 aliphatic rings. The molecule has 0 radical (unpaired) electrons. The molecule has 6 N–H and O–H groups in total. The van der Waals surface area contributed by atoms with Crippen LogP contribution in [0.4, 0.5) is 23.2 Å². The van der Waals surface area contributed by atoms with E-state index in [1.807, 2.05) is 20.8 Å². The summed E-state index contributed by atoms with van der Waals surface area (Å²) >= 11 is 12.4. The Balaban J connectivity index is 0.000000676. The Hall–Kier alpha value is -2.97. The highest BCUT2D eigenvalue weighted by molar-refractivity contribution is 6.31. The molecule has 5 atom stereocenters. The first-order valence-corrected chi connectivity index (χ1v) is 14.3. The molecule has 0 aliphatic carbocycles. The summed E-state index contributed by atoms with van der Waals surface area (Å²) in [5.41, 5.74) is -0.249. The third-order valence-corrected chi connectivity index (χ3v) is 7.98. The van der Waals surface area contributed by atoms with E-state index in [2.05, 4.69) is 16.0 Å². The second-order valence-electron chi connectivity index (χ2n) is 11.8. The molecule has 2 heterocycles. The van der Waals surface area contributed by atoms with Gasteiger partial charge >= 0.3 is 12.1 Å². The molecule has 0 unspecified atom stereocenters. The summed E-state index contributed by atoms with van der Waals surface area (Å²) < 4.78 is 47.4. The minimum Gasteiger partial charge on any atom is -0.475 e. The van der Waals surface area contributed by atoms with Crippen LogP contribution in [0, 0.1) is 11.2 Å². The van der Waals surface area contributed by atoms with E-state index in [0.29, 0.717) is 22.7 Å². The van der Waals surface area contributed by atoms with Crippen LogP contribution in [0.5, 0.6) is 0 Å². The van der Waals surface area contributed by atoms with Gasteiger partial charge in [-0.3, -0.25) is 9.59 Å². The highest BCUT2D eigenvalue weighted by Crippen LogP contribution is 2.57. The molecule has 242 valence electrons. The summed E-state index contributed by atoms with van der Waals surface area (Å²) in [7, 11) is 0. The van der Waals surface area contributed by atoms with Gasteiger partial charge in [0.1, 0.15) is 11.2 Å². The lowest BCUT2D eigenvalue weighted by atomic mass is 9.62. The van der Waals surface area contributed by atoms with Crippen LogP contribution in [0.15, 0.2) is 36.4 Å². The minimum absolute atomic E-state index is 0.0960. The van der Waals surface area contributed by atoms with Crippen molar-refractivity contribution in [1.82, 2.24) is 10.6 Å². The second-order valence-corrected chi connectivity index (χ2v) is 12.7. The van der Waals surface area contributed by atoms with E-state index in [4.69, 9.17) is 38.2 Å². The van der Waals surface area contributed by atoms with Crippen LogP contribution in [-0.2, 0) is 19.8 Å². The van der Waals surface area contributed by atoms with Crippen LogP contribution in [0.1, 0.15) is 50.7 Å². The zero-order valence-corrected chi connectivity index (χ0v) is 25.4. The summed E-state index contributed by atoms with van der Waals surface area (Å²) in [6, 6.07) is 8.18. The Labute approximate surface area is 260 Å². The number of fused-ring (bicyclic) bond motifs is 2. The maximum absolute atomic E-state index is 15.7. The number of halogens is 6. The number of carbonyl (C=O) groups excluding carboxylic acids is 2. The number of aliphatic carboxylic acids is 1. The molecule has 1 fully saturated rings. The van der Waals surface area contributed by atoms with Gasteiger partial charge in [0.05, 0.1) is 23.8 Å². The molecule has 1 saturated heterocycles. The predicted molar refractivity (Wildman–Crippen MR) is 155 cm³/mol. The maximum atomic E-state index is 15.7. The Morgan fingerprint density at radius 2 is 1.77 bits per heavy atom. The molecule has 4 rings (SSSR count). The number of alkyl halides is 3. The summed E-state index contributed by atoms with van der Waals surface area (Å²) in [5, 5.41) is 35.4. The predicted octanol–water partition coefficient (Wildman–Crippen LogP) is 4.38. The number of anilines is 1.